The highest BCUT2D eigenvalue weighted by atomic mass is 19.1. The van der Waals surface area contributed by atoms with Gasteiger partial charge in [-0.2, -0.15) is 0 Å². The third kappa shape index (κ3) is 4.74. The van der Waals surface area contributed by atoms with E-state index in [2.05, 4.69) is 25.6 Å². The van der Waals surface area contributed by atoms with Gasteiger partial charge < -0.3 is 24.5 Å². The first-order valence-electron chi connectivity index (χ1n) is 10.8. The average Bonchev–Trinajstić information content (AvgIpc) is 3.42. The molecule has 1 unspecified atom stereocenters. The Morgan fingerprint density at radius 2 is 1.97 bits per heavy atom. The first-order valence-corrected chi connectivity index (χ1v) is 10.8. The van der Waals surface area contributed by atoms with Crippen LogP contribution in [0.4, 0.5) is 15.8 Å². The van der Waals surface area contributed by atoms with Gasteiger partial charge in [0.2, 0.25) is 11.5 Å². The average molecular weight is 480 g/mol. The molecule has 2 amide bonds. The zero-order valence-electron chi connectivity index (χ0n) is 18.9. The second-order valence-corrected chi connectivity index (χ2v) is 7.90. The van der Waals surface area contributed by atoms with E-state index in [9.17, 15) is 14.0 Å². The second kappa shape index (κ2) is 9.24. The lowest BCUT2D eigenvalue weighted by Gasteiger charge is -2.21. The SMILES string of the molecule is Cc1nc(C)c(C(=O)Nc2ccc(F)c(-c3cn4cc(NC(=O)C5COCCO5)cnc4n3)c2)o1. The number of halogens is 1. The topological polar surface area (TPSA) is 133 Å². The molecule has 12 heteroatoms. The number of carbonyl (C=O) groups is 2. The Morgan fingerprint density at radius 3 is 2.71 bits per heavy atom. The van der Waals surface area contributed by atoms with E-state index < -0.39 is 17.8 Å². The molecule has 35 heavy (non-hydrogen) atoms. The van der Waals surface area contributed by atoms with Crippen molar-refractivity contribution in [1.82, 2.24) is 19.4 Å². The molecule has 0 spiro atoms. The number of hydrogen-bond acceptors (Lipinski definition) is 8. The summed E-state index contributed by atoms with van der Waals surface area (Å²) < 4.78 is 32.2. The fourth-order valence-corrected chi connectivity index (χ4v) is 3.67. The minimum Gasteiger partial charge on any atom is -0.436 e. The van der Waals surface area contributed by atoms with Gasteiger partial charge in [0.1, 0.15) is 5.82 Å². The number of hydrogen-bond donors (Lipinski definition) is 2. The zero-order chi connectivity index (χ0) is 24.5. The number of carbonyl (C=O) groups excluding carboxylic acids is 2. The van der Waals surface area contributed by atoms with Crippen LogP contribution in [0.2, 0.25) is 0 Å². The second-order valence-electron chi connectivity index (χ2n) is 7.90. The Bertz CT molecular complexity index is 1430. The number of ether oxygens (including phenoxy) is 2. The number of anilines is 2. The molecule has 0 radical (unpaired) electrons. The minimum atomic E-state index is -0.700. The Kier molecular flexibility index (Phi) is 5.97. The van der Waals surface area contributed by atoms with E-state index in [0.717, 1.165) is 0 Å². The Hall–Kier alpha value is -4.16. The van der Waals surface area contributed by atoms with Gasteiger partial charge in [-0.15, -0.1) is 0 Å². The van der Waals surface area contributed by atoms with Crippen LogP contribution >= 0.6 is 0 Å². The van der Waals surface area contributed by atoms with Gasteiger partial charge in [0.05, 0.1) is 43.1 Å². The van der Waals surface area contributed by atoms with Crippen molar-refractivity contribution in [3.8, 4) is 11.3 Å². The number of imidazole rings is 1. The molecule has 1 aliphatic rings. The summed E-state index contributed by atoms with van der Waals surface area (Å²) in [6.07, 6.45) is 3.93. The highest BCUT2D eigenvalue weighted by Gasteiger charge is 2.23. The highest BCUT2D eigenvalue weighted by molar-refractivity contribution is 6.03. The lowest BCUT2D eigenvalue weighted by molar-refractivity contribution is -0.142. The number of nitrogens with zero attached hydrogens (tertiary/aromatic N) is 4. The highest BCUT2D eigenvalue weighted by Crippen LogP contribution is 2.26. The van der Waals surface area contributed by atoms with Gasteiger partial charge >= 0.3 is 0 Å². The van der Waals surface area contributed by atoms with Crippen LogP contribution in [0.3, 0.4) is 0 Å². The molecule has 3 aromatic heterocycles. The van der Waals surface area contributed by atoms with Crippen LogP contribution < -0.4 is 10.6 Å². The van der Waals surface area contributed by atoms with Crippen LogP contribution in [0.5, 0.6) is 0 Å². The summed E-state index contributed by atoms with van der Waals surface area (Å²) in [6.45, 7) is 4.29. The third-order valence-electron chi connectivity index (χ3n) is 5.30. The third-order valence-corrected chi connectivity index (χ3v) is 5.30. The molecule has 0 bridgehead atoms. The molecule has 0 aliphatic carbocycles. The minimum absolute atomic E-state index is 0.0880. The molecule has 1 atom stereocenters. The quantitative estimate of drug-likeness (QED) is 0.446. The fraction of sp³-hybridized carbons (Fsp3) is 0.261. The summed E-state index contributed by atoms with van der Waals surface area (Å²) in [7, 11) is 0. The Labute approximate surface area is 198 Å². The fourth-order valence-electron chi connectivity index (χ4n) is 3.67. The molecular weight excluding hydrogens is 459 g/mol. The summed E-state index contributed by atoms with van der Waals surface area (Å²) in [5.41, 5.74) is 1.69. The van der Waals surface area contributed by atoms with Gasteiger partial charge in [-0.3, -0.25) is 14.0 Å². The summed E-state index contributed by atoms with van der Waals surface area (Å²) in [4.78, 5) is 37.6. The largest absolute Gasteiger partial charge is 0.436 e. The summed E-state index contributed by atoms with van der Waals surface area (Å²) in [5.74, 6) is -0.606. The smallest absolute Gasteiger partial charge is 0.293 e. The van der Waals surface area contributed by atoms with Crippen LogP contribution in [-0.4, -0.2) is 57.1 Å². The number of aryl methyl sites for hydroxylation is 2. The molecule has 4 aromatic rings. The van der Waals surface area contributed by atoms with E-state index in [-0.39, 0.29) is 23.8 Å². The van der Waals surface area contributed by atoms with E-state index >= 15 is 0 Å². The maximum Gasteiger partial charge on any atom is 0.293 e. The number of aromatic nitrogens is 4. The van der Waals surface area contributed by atoms with E-state index in [1.54, 1.807) is 30.6 Å². The van der Waals surface area contributed by atoms with Crippen molar-refractivity contribution in [3.05, 3.63) is 60.0 Å². The van der Waals surface area contributed by atoms with Crippen molar-refractivity contribution in [2.75, 3.05) is 30.5 Å². The number of oxazole rings is 1. The molecule has 1 fully saturated rings. The van der Waals surface area contributed by atoms with Gasteiger partial charge in [-0.25, -0.2) is 19.3 Å². The normalized spacial score (nSPS) is 15.8. The van der Waals surface area contributed by atoms with Gasteiger partial charge in [0, 0.05) is 30.6 Å². The van der Waals surface area contributed by atoms with Crippen LogP contribution in [0.25, 0.3) is 17.0 Å². The number of rotatable bonds is 5. The predicted octanol–water partition coefficient (Wildman–Crippen LogP) is 2.75. The lowest BCUT2D eigenvalue weighted by atomic mass is 10.1. The van der Waals surface area contributed by atoms with Gasteiger partial charge in [0.25, 0.3) is 11.8 Å². The molecule has 5 rings (SSSR count). The summed E-state index contributed by atoms with van der Waals surface area (Å²) >= 11 is 0. The monoisotopic (exact) mass is 480 g/mol. The van der Waals surface area contributed by atoms with Crippen molar-refractivity contribution >= 4 is 29.0 Å². The molecular formula is C23H21FN6O5. The lowest BCUT2D eigenvalue weighted by Crippen LogP contribution is -2.39. The Balaban J connectivity index is 1.37. The molecule has 1 aliphatic heterocycles. The van der Waals surface area contributed by atoms with Crippen LogP contribution in [0.1, 0.15) is 22.1 Å². The summed E-state index contributed by atoms with van der Waals surface area (Å²) in [6, 6.07) is 4.14. The number of benzene rings is 1. The van der Waals surface area contributed by atoms with E-state index in [1.165, 1.54) is 24.4 Å². The summed E-state index contributed by atoms with van der Waals surface area (Å²) in [5, 5.41) is 5.41. The van der Waals surface area contributed by atoms with Crippen LogP contribution in [0, 0.1) is 19.7 Å². The van der Waals surface area contributed by atoms with Crippen molar-refractivity contribution in [3.63, 3.8) is 0 Å². The number of nitrogens with one attached hydrogen (secondary N) is 2. The maximum atomic E-state index is 14.7. The molecule has 0 saturated carbocycles. The van der Waals surface area contributed by atoms with Crippen molar-refractivity contribution in [1.29, 1.82) is 0 Å². The molecule has 4 heterocycles. The Morgan fingerprint density at radius 1 is 1.11 bits per heavy atom. The molecule has 11 nitrogen and oxygen atoms in total. The molecule has 2 N–H and O–H groups in total. The predicted molar refractivity (Wildman–Crippen MR) is 121 cm³/mol. The molecule has 1 saturated heterocycles. The van der Waals surface area contributed by atoms with Crippen molar-refractivity contribution < 1.29 is 27.9 Å². The van der Waals surface area contributed by atoms with Crippen molar-refractivity contribution in [2.45, 2.75) is 20.0 Å². The van der Waals surface area contributed by atoms with Crippen molar-refractivity contribution in [2.24, 2.45) is 0 Å². The standard InChI is InChI=1S/C23H21FN6O5/c1-12-20(35-13(2)26-12)22(32)27-14-3-4-17(24)16(7-14)18-10-30-9-15(8-25-23(30)29-18)28-21(31)19-11-33-5-6-34-19/h3-4,7-10,19H,5-6,11H2,1-2H3,(H,27,32)(H,28,31). The van der Waals surface area contributed by atoms with E-state index in [1.807, 2.05) is 0 Å². The maximum absolute atomic E-state index is 14.7. The van der Waals surface area contributed by atoms with Gasteiger partial charge in [0.15, 0.2) is 12.0 Å². The van der Waals surface area contributed by atoms with Crippen LogP contribution in [0.15, 0.2) is 41.2 Å². The molecule has 180 valence electrons. The van der Waals surface area contributed by atoms with Gasteiger partial charge in [-0.1, -0.05) is 0 Å². The first kappa shape index (κ1) is 22.6. The molecule has 1 aromatic carbocycles. The number of fused-ring (bicyclic) bond motifs is 1. The van der Waals surface area contributed by atoms with E-state index in [4.69, 9.17) is 13.9 Å². The number of amides is 2. The van der Waals surface area contributed by atoms with Crippen LogP contribution in [-0.2, 0) is 14.3 Å². The van der Waals surface area contributed by atoms with Gasteiger partial charge in [-0.05, 0) is 25.1 Å². The zero-order valence-corrected chi connectivity index (χ0v) is 18.9. The van der Waals surface area contributed by atoms with E-state index in [0.29, 0.717) is 47.6 Å². The first-order chi connectivity index (χ1) is 16.9.